The minimum absolute atomic E-state index is 0.0886. The lowest BCUT2D eigenvalue weighted by molar-refractivity contribution is 0.0997. The Balaban J connectivity index is 2.02. The van der Waals surface area contributed by atoms with Gasteiger partial charge in [-0.05, 0) is 30.3 Å². The molecule has 0 aliphatic heterocycles. The van der Waals surface area contributed by atoms with Crippen molar-refractivity contribution in [3.05, 3.63) is 60.2 Å². The van der Waals surface area contributed by atoms with Crippen molar-refractivity contribution in [2.45, 2.75) is 0 Å². The molecule has 0 fully saturated rings. The molecular formula is C15H11FN4O. The third-order valence-corrected chi connectivity index (χ3v) is 3.01. The van der Waals surface area contributed by atoms with Crippen LogP contribution < -0.4 is 11.1 Å². The van der Waals surface area contributed by atoms with Crippen LogP contribution in [0, 0.1) is 5.82 Å². The van der Waals surface area contributed by atoms with Gasteiger partial charge in [0.25, 0.3) is 5.91 Å². The highest BCUT2D eigenvalue weighted by atomic mass is 19.1. The monoisotopic (exact) mass is 282 g/mol. The standard InChI is InChI=1S/C15H11FN4O/c16-11-5-7-19-15(13(11)14(17)21)20-10-3-4-12-9(8-10)2-1-6-18-12/h1-8H,(H2,17,21)(H,19,20). The lowest BCUT2D eigenvalue weighted by atomic mass is 10.2. The molecule has 6 heteroatoms. The fourth-order valence-corrected chi connectivity index (χ4v) is 2.06. The molecule has 104 valence electrons. The van der Waals surface area contributed by atoms with Gasteiger partial charge in [0, 0.05) is 23.5 Å². The Morgan fingerprint density at radius 2 is 2.00 bits per heavy atom. The first kappa shape index (κ1) is 13.0. The van der Waals surface area contributed by atoms with Gasteiger partial charge in [0.15, 0.2) is 0 Å². The van der Waals surface area contributed by atoms with Crippen LogP contribution in [0.15, 0.2) is 48.8 Å². The van der Waals surface area contributed by atoms with Crippen LogP contribution in [0.2, 0.25) is 0 Å². The largest absolute Gasteiger partial charge is 0.365 e. The minimum Gasteiger partial charge on any atom is -0.365 e. The molecule has 21 heavy (non-hydrogen) atoms. The normalized spacial score (nSPS) is 10.5. The summed E-state index contributed by atoms with van der Waals surface area (Å²) in [4.78, 5) is 19.5. The fraction of sp³-hybridized carbons (Fsp3) is 0. The van der Waals surface area contributed by atoms with Crippen LogP contribution >= 0.6 is 0 Å². The first-order chi connectivity index (χ1) is 10.1. The number of carbonyl (C=O) groups is 1. The number of nitrogens with one attached hydrogen (secondary N) is 1. The van der Waals surface area contributed by atoms with Crippen LogP contribution in [0.3, 0.4) is 0 Å². The van der Waals surface area contributed by atoms with E-state index >= 15 is 0 Å². The van der Waals surface area contributed by atoms with E-state index in [0.29, 0.717) is 5.69 Å². The van der Waals surface area contributed by atoms with Gasteiger partial charge in [-0.1, -0.05) is 6.07 Å². The van der Waals surface area contributed by atoms with Gasteiger partial charge in [-0.3, -0.25) is 9.78 Å². The van der Waals surface area contributed by atoms with Crippen molar-refractivity contribution >= 4 is 28.3 Å². The summed E-state index contributed by atoms with van der Waals surface area (Å²) < 4.78 is 13.7. The predicted molar refractivity (Wildman–Crippen MR) is 77.7 cm³/mol. The summed E-state index contributed by atoms with van der Waals surface area (Å²) in [6.45, 7) is 0. The van der Waals surface area contributed by atoms with E-state index in [1.54, 1.807) is 12.3 Å². The van der Waals surface area contributed by atoms with E-state index in [9.17, 15) is 9.18 Å². The quantitative estimate of drug-likeness (QED) is 0.773. The summed E-state index contributed by atoms with van der Waals surface area (Å²) in [7, 11) is 0. The first-order valence-corrected chi connectivity index (χ1v) is 6.21. The number of carbonyl (C=O) groups excluding carboxylic acids is 1. The molecule has 0 radical (unpaired) electrons. The Hall–Kier alpha value is -3.02. The van der Waals surface area contributed by atoms with Crippen LogP contribution in [0.5, 0.6) is 0 Å². The lowest BCUT2D eigenvalue weighted by Gasteiger charge is -2.10. The minimum atomic E-state index is -0.870. The first-order valence-electron chi connectivity index (χ1n) is 6.21. The molecule has 0 atom stereocenters. The molecule has 0 aliphatic carbocycles. The van der Waals surface area contributed by atoms with Crippen LogP contribution in [0.4, 0.5) is 15.9 Å². The summed E-state index contributed by atoms with van der Waals surface area (Å²) in [5, 5.41) is 3.82. The number of pyridine rings is 2. The van der Waals surface area contributed by atoms with E-state index in [0.717, 1.165) is 17.0 Å². The second-order valence-corrected chi connectivity index (χ2v) is 4.42. The average molecular weight is 282 g/mol. The number of rotatable bonds is 3. The molecule has 0 spiro atoms. The molecule has 0 saturated heterocycles. The number of anilines is 2. The van der Waals surface area contributed by atoms with Crippen molar-refractivity contribution in [3.63, 3.8) is 0 Å². The number of benzene rings is 1. The zero-order valence-electron chi connectivity index (χ0n) is 10.9. The van der Waals surface area contributed by atoms with Crippen molar-refractivity contribution in [1.82, 2.24) is 9.97 Å². The van der Waals surface area contributed by atoms with Crippen molar-refractivity contribution in [1.29, 1.82) is 0 Å². The molecule has 0 saturated carbocycles. The fourth-order valence-electron chi connectivity index (χ4n) is 2.06. The molecule has 0 bridgehead atoms. The average Bonchev–Trinajstić information content (AvgIpc) is 2.47. The van der Waals surface area contributed by atoms with Gasteiger partial charge in [-0.25, -0.2) is 9.37 Å². The predicted octanol–water partition coefficient (Wildman–Crippen LogP) is 2.61. The van der Waals surface area contributed by atoms with Crippen molar-refractivity contribution in [2.75, 3.05) is 5.32 Å². The second kappa shape index (κ2) is 5.16. The van der Waals surface area contributed by atoms with E-state index in [4.69, 9.17) is 5.73 Å². The number of hydrogen-bond donors (Lipinski definition) is 2. The number of primary amides is 1. The van der Waals surface area contributed by atoms with Crippen LogP contribution in [-0.4, -0.2) is 15.9 Å². The number of hydrogen-bond acceptors (Lipinski definition) is 4. The highest BCUT2D eigenvalue weighted by Crippen LogP contribution is 2.23. The van der Waals surface area contributed by atoms with Gasteiger partial charge in [-0.2, -0.15) is 0 Å². The van der Waals surface area contributed by atoms with Crippen molar-refractivity contribution in [2.24, 2.45) is 5.73 Å². The molecule has 0 unspecified atom stereocenters. The molecule has 3 N–H and O–H groups in total. The number of aromatic nitrogens is 2. The van der Waals surface area contributed by atoms with Gasteiger partial charge >= 0.3 is 0 Å². The van der Waals surface area contributed by atoms with Gasteiger partial charge in [-0.15, -0.1) is 0 Å². The zero-order valence-corrected chi connectivity index (χ0v) is 10.9. The molecule has 3 aromatic rings. The number of nitrogens with two attached hydrogens (primary N) is 1. The Kier molecular flexibility index (Phi) is 3.19. The summed E-state index contributed by atoms with van der Waals surface area (Å²) in [6, 6.07) is 10.2. The number of nitrogens with zero attached hydrogens (tertiary/aromatic N) is 2. The number of halogens is 1. The number of fused-ring (bicyclic) bond motifs is 1. The third-order valence-electron chi connectivity index (χ3n) is 3.01. The SMILES string of the molecule is NC(=O)c1c(F)ccnc1Nc1ccc2ncccc2c1. The molecule has 2 heterocycles. The summed E-state index contributed by atoms with van der Waals surface area (Å²) in [5.41, 5.74) is 6.43. The Bertz CT molecular complexity index is 835. The van der Waals surface area contributed by atoms with E-state index in [-0.39, 0.29) is 11.4 Å². The molecule has 1 aromatic carbocycles. The second-order valence-electron chi connectivity index (χ2n) is 4.42. The Morgan fingerprint density at radius 1 is 1.14 bits per heavy atom. The van der Waals surface area contributed by atoms with Crippen LogP contribution in [0.25, 0.3) is 10.9 Å². The Labute approximate surface area is 119 Å². The van der Waals surface area contributed by atoms with Gasteiger partial charge < -0.3 is 11.1 Å². The molecule has 5 nitrogen and oxygen atoms in total. The summed E-state index contributed by atoms with van der Waals surface area (Å²) in [6.07, 6.45) is 2.97. The topological polar surface area (TPSA) is 80.9 Å². The highest BCUT2D eigenvalue weighted by Gasteiger charge is 2.15. The maximum Gasteiger partial charge on any atom is 0.255 e. The van der Waals surface area contributed by atoms with Crippen molar-refractivity contribution < 1.29 is 9.18 Å². The maximum atomic E-state index is 13.7. The third kappa shape index (κ3) is 2.51. The van der Waals surface area contributed by atoms with E-state index in [2.05, 4.69) is 15.3 Å². The van der Waals surface area contributed by atoms with Gasteiger partial charge in [0.1, 0.15) is 17.2 Å². The molecule has 3 rings (SSSR count). The van der Waals surface area contributed by atoms with Gasteiger partial charge in [0.05, 0.1) is 5.52 Å². The highest BCUT2D eigenvalue weighted by molar-refractivity contribution is 5.98. The molecule has 2 aromatic heterocycles. The summed E-state index contributed by atoms with van der Waals surface area (Å²) in [5.74, 6) is -1.49. The number of amides is 1. The Morgan fingerprint density at radius 3 is 2.81 bits per heavy atom. The van der Waals surface area contributed by atoms with Crippen LogP contribution in [-0.2, 0) is 0 Å². The van der Waals surface area contributed by atoms with E-state index in [1.807, 2.05) is 24.3 Å². The maximum absolute atomic E-state index is 13.7. The van der Waals surface area contributed by atoms with Gasteiger partial charge in [0.2, 0.25) is 0 Å². The molecule has 1 amide bonds. The van der Waals surface area contributed by atoms with E-state index in [1.165, 1.54) is 6.20 Å². The summed E-state index contributed by atoms with van der Waals surface area (Å²) >= 11 is 0. The smallest absolute Gasteiger partial charge is 0.255 e. The molecular weight excluding hydrogens is 271 g/mol. The zero-order chi connectivity index (χ0) is 14.8. The lowest BCUT2D eigenvalue weighted by Crippen LogP contribution is -2.16. The molecule has 0 aliphatic rings. The van der Waals surface area contributed by atoms with Crippen LogP contribution in [0.1, 0.15) is 10.4 Å². The van der Waals surface area contributed by atoms with E-state index < -0.39 is 11.7 Å². The van der Waals surface area contributed by atoms with Crippen molar-refractivity contribution in [3.8, 4) is 0 Å².